The van der Waals surface area contributed by atoms with Crippen LogP contribution in [0.4, 0.5) is 0 Å². The number of imidazole rings is 1. The van der Waals surface area contributed by atoms with E-state index in [1.54, 1.807) is 0 Å². The van der Waals surface area contributed by atoms with E-state index in [-0.39, 0.29) is 11.8 Å². The summed E-state index contributed by atoms with van der Waals surface area (Å²) in [4.78, 5) is 31.7. The molecule has 2 amide bonds. The molecule has 0 radical (unpaired) electrons. The van der Waals surface area contributed by atoms with Gasteiger partial charge in [0.05, 0.1) is 15.8 Å². The number of aromatic amines is 1. The Kier molecular flexibility index (Phi) is 4.30. The number of thioether (sulfide) groups is 1. The molecule has 1 aromatic carbocycles. The van der Waals surface area contributed by atoms with Crippen molar-refractivity contribution in [1.82, 2.24) is 20.6 Å². The van der Waals surface area contributed by atoms with E-state index in [1.165, 1.54) is 11.8 Å². The van der Waals surface area contributed by atoms with Crippen molar-refractivity contribution in [1.29, 1.82) is 0 Å². The minimum Gasteiger partial charge on any atom is -0.354 e. The summed E-state index contributed by atoms with van der Waals surface area (Å²) in [7, 11) is 0. The average Bonchev–Trinajstić information content (AvgIpc) is 2.92. The summed E-state index contributed by atoms with van der Waals surface area (Å²) in [5.74, 6) is 1.20. The Balaban J connectivity index is 1.50. The molecule has 7 heteroatoms. The van der Waals surface area contributed by atoms with Crippen LogP contribution in [0, 0.1) is 0 Å². The second-order valence-electron chi connectivity index (χ2n) is 6.09. The maximum absolute atomic E-state index is 12.1. The monoisotopic (exact) mass is 332 g/mol. The molecule has 1 aliphatic rings. The molecule has 1 saturated heterocycles. The van der Waals surface area contributed by atoms with Gasteiger partial charge < -0.3 is 15.6 Å². The second-order valence-corrected chi connectivity index (χ2v) is 7.73. The van der Waals surface area contributed by atoms with Gasteiger partial charge in [0.15, 0.2) is 0 Å². The maximum Gasteiger partial charge on any atom is 0.243 e. The molecule has 2 heterocycles. The number of carbonyl (C=O) groups excluding carboxylic acids is 2. The van der Waals surface area contributed by atoms with Crippen LogP contribution in [-0.4, -0.2) is 44.9 Å². The standard InChI is InChI=1S/C16H20N4O2S/c1-16(2)15(22)20-12(9-23-16)14(21)17-8-7-13-18-10-5-3-4-6-11(10)19-13/h3-6,12H,7-9H2,1-2H3,(H,17,21)(H,18,19)(H,20,22). The molecular weight excluding hydrogens is 312 g/mol. The molecule has 23 heavy (non-hydrogen) atoms. The quantitative estimate of drug-likeness (QED) is 0.786. The van der Waals surface area contributed by atoms with Crippen molar-refractivity contribution < 1.29 is 9.59 Å². The minimum atomic E-state index is -0.467. The van der Waals surface area contributed by atoms with Crippen molar-refractivity contribution in [3.63, 3.8) is 0 Å². The maximum atomic E-state index is 12.1. The number of aromatic nitrogens is 2. The zero-order valence-corrected chi connectivity index (χ0v) is 14.0. The number of fused-ring (bicyclic) bond motifs is 1. The van der Waals surface area contributed by atoms with Crippen molar-refractivity contribution in [3.8, 4) is 0 Å². The zero-order valence-electron chi connectivity index (χ0n) is 13.2. The van der Waals surface area contributed by atoms with Crippen LogP contribution >= 0.6 is 11.8 Å². The summed E-state index contributed by atoms with van der Waals surface area (Å²) >= 11 is 1.51. The molecule has 3 rings (SSSR count). The molecule has 3 N–H and O–H groups in total. The Morgan fingerprint density at radius 3 is 2.96 bits per heavy atom. The van der Waals surface area contributed by atoms with Crippen molar-refractivity contribution in [2.45, 2.75) is 31.1 Å². The van der Waals surface area contributed by atoms with Crippen molar-refractivity contribution in [2.75, 3.05) is 12.3 Å². The summed E-state index contributed by atoms with van der Waals surface area (Å²) in [6.45, 7) is 4.21. The molecule has 1 fully saturated rings. The van der Waals surface area contributed by atoms with E-state index in [0.717, 1.165) is 16.9 Å². The summed E-state index contributed by atoms with van der Waals surface area (Å²) in [6, 6.07) is 7.36. The Bertz CT molecular complexity index is 708. The molecule has 1 aromatic heterocycles. The lowest BCUT2D eigenvalue weighted by Gasteiger charge is -2.32. The number of nitrogens with one attached hydrogen (secondary N) is 3. The van der Waals surface area contributed by atoms with Crippen LogP contribution in [-0.2, 0) is 16.0 Å². The third kappa shape index (κ3) is 3.50. The first kappa shape index (κ1) is 15.9. The molecule has 1 atom stereocenters. The molecule has 1 aliphatic heterocycles. The highest BCUT2D eigenvalue weighted by molar-refractivity contribution is 8.01. The van der Waals surface area contributed by atoms with Gasteiger partial charge in [0.2, 0.25) is 11.8 Å². The molecule has 0 aliphatic carbocycles. The highest BCUT2D eigenvalue weighted by Crippen LogP contribution is 2.28. The number of rotatable bonds is 4. The molecule has 0 saturated carbocycles. The molecule has 0 spiro atoms. The fourth-order valence-corrected chi connectivity index (χ4v) is 3.43. The van der Waals surface area contributed by atoms with Crippen LogP contribution in [0.3, 0.4) is 0 Å². The summed E-state index contributed by atoms with van der Waals surface area (Å²) in [5, 5.41) is 5.65. The average molecular weight is 332 g/mol. The molecule has 0 bridgehead atoms. The van der Waals surface area contributed by atoms with Crippen LogP contribution < -0.4 is 10.6 Å². The second kappa shape index (κ2) is 6.23. The molecule has 1 unspecified atom stereocenters. The van der Waals surface area contributed by atoms with Crippen LogP contribution in [0.1, 0.15) is 19.7 Å². The first-order valence-corrected chi connectivity index (χ1v) is 8.60. The molecule has 122 valence electrons. The number of hydrogen-bond acceptors (Lipinski definition) is 4. The van der Waals surface area contributed by atoms with Gasteiger partial charge in [-0.3, -0.25) is 9.59 Å². The number of hydrogen-bond donors (Lipinski definition) is 3. The summed E-state index contributed by atoms with van der Waals surface area (Å²) in [6.07, 6.45) is 0.625. The smallest absolute Gasteiger partial charge is 0.243 e. The number of amides is 2. The zero-order chi connectivity index (χ0) is 16.4. The lowest BCUT2D eigenvalue weighted by atomic mass is 10.1. The van der Waals surface area contributed by atoms with Gasteiger partial charge in [-0.1, -0.05) is 12.1 Å². The normalized spacial score (nSPS) is 20.3. The van der Waals surface area contributed by atoms with Crippen LogP contribution in [0.25, 0.3) is 11.0 Å². The first-order valence-electron chi connectivity index (χ1n) is 7.62. The number of carbonyl (C=O) groups is 2. The van der Waals surface area contributed by atoms with E-state index >= 15 is 0 Å². The van der Waals surface area contributed by atoms with Crippen LogP contribution in [0.2, 0.25) is 0 Å². The first-order chi connectivity index (χ1) is 11.0. The van der Waals surface area contributed by atoms with Crippen molar-refractivity contribution >= 4 is 34.6 Å². The minimum absolute atomic E-state index is 0.0915. The van der Waals surface area contributed by atoms with Gasteiger partial charge in [0.1, 0.15) is 11.9 Å². The number of nitrogens with zero attached hydrogens (tertiary/aromatic N) is 1. The lowest BCUT2D eigenvalue weighted by molar-refractivity contribution is -0.129. The highest BCUT2D eigenvalue weighted by atomic mass is 32.2. The van der Waals surface area contributed by atoms with Gasteiger partial charge in [-0.2, -0.15) is 0 Å². The van der Waals surface area contributed by atoms with E-state index in [1.807, 2.05) is 38.1 Å². The van der Waals surface area contributed by atoms with Crippen LogP contribution in [0.5, 0.6) is 0 Å². The molecule has 2 aromatic rings. The molecule has 6 nitrogen and oxygen atoms in total. The Hall–Kier alpha value is -2.02. The van der Waals surface area contributed by atoms with Gasteiger partial charge in [0, 0.05) is 18.7 Å². The number of para-hydroxylation sites is 2. The fraction of sp³-hybridized carbons (Fsp3) is 0.438. The van der Waals surface area contributed by atoms with Crippen molar-refractivity contribution in [2.24, 2.45) is 0 Å². The van der Waals surface area contributed by atoms with Gasteiger partial charge >= 0.3 is 0 Å². The third-order valence-electron chi connectivity index (χ3n) is 3.88. The number of benzene rings is 1. The SMILES string of the molecule is CC1(C)SCC(C(=O)NCCc2nc3ccccc3[nH]2)NC1=O. The summed E-state index contributed by atoms with van der Waals surface area (Å²) in [5.41, 5.74) is 1.92. The fourth-order valence-electron chi connectivity index (χ4n) is 2.42. The van der Waals surface area contributed by atoms with E-state index in [2.05, 4.69) is 20.6 Å². The van der Waals surface area contributed by atoms with E-state index in [9.17, 15) is 9.59 Å². The Morgan fingerprint density at radius 2 is 2.22 bits per heavy atom. The Labute approximate surface area is 138 Å². The topological polar surface area (TPSA) is 86.9 Å². The largest absolute Gasteiger partial charge is 0.354 e. The lowest BCUT2D eigenvalue weighted by Crippen LogP contribution is -2.57. The third-order valence-corrected chi connectivity index (χ3v) is 5.29. The molecular formula is C16H20N4O2S. The Morgan fingerprint density at radius 1 is 1.43 bits per heavy atom. The van der Waals surface area contributed by atoms with Gasteiger partial charge in [-0.25, -0.2) is 4.98 Å². The highest BCUT2D eigenvalue weighted by Gasteiger charge is 2.37. The van der Waals surface area contributed by atoms with E-state index in [0.29, 0.717) is 18.7 Å². The van der Waals surface area contributed by atoms with E-state index in [4.69, 9.17) is 0 Å². The van der Waals surface area contributed by atoms with Crippen LogP contribution in [0.15, 0.2) is 24.3 Å². The predicted molar refractivity (Wildman–Crippen MR) is 91.3 cm³/mol. The van der Waals surface area contributed by atoms with Gasteiger partial charge in [-0.05, 0) is 26.0 Å². The predicted octanol–water partition coefficient (Wildman–Crippen LogP) is 1.23. The number of H-pyrrole nitrogens is 1. The van der Waals surface area contributed by atoms with Crippen molar-refractivity contribution in [3.05, 3.63) is 30.1 Å². The van der Waals surface area contributed by atoms with Gasteiger partial charge in [-0.15, -0.1) is 11.8 Å². The van der Waals surface area contributed by atoms with E-state index < -0.39 is 10.8 Å². The summed E-state index contributed by atoms with van der Waals surface area (Å²) < 4.78 is -0.467. The van der Waals surface area contributed by atoms with Gasteiger partial charge in [0.25, 0.3) is 0 Å².